The first kappa shape index (κ1) is 12.6. The van der Waals surface area contributed by atoms with Gasteiger partial charge in [0.2, 0.25) is 0 Å². The summed E-state index contributed by atoms with van der Waals surface area (Å²) >= 11 is 4.23. The Morgan fingerprint density at radius 1 is 1.56 bits per heavy atom. The third-order valence-electron chi connectivity index (χ3n) is 2.25. The SMILES string of the molecule is CC(C#N)CN(C)C(=O)c1ccccc1S. The van der Waals surface area contributed by atoms with E-state index in [0.717, 1.165) is 0 Å². The molecule has 84 valence electrons. The quantitative estimate of drug-likeness (QED) is 0.815. The van der Waals surface area contributed by atoms with Crippen LogP contribution in [0.3, 0.4) is 0 Å². The van der Waals surface area contributed by atoms with Crippen molar-refractivity contribution in [3.63, 3.8) is 0 Å². The summed E-state index contributed by atoms with van der Waals surface area (Å²) in [7, 11) is 1.69. The molecule has 1 aromatic carbocycles. The predicted molar refractivity (Wildman–Crippen MR) is 65.4 cm³/mol. The molecule has 4 heteroatoms. The Morgan fingerprint density at radius 2 is 2.19 bits per heavy atom. The van der Waals surface area contributed by atoms with Crippen LogP contribution in [0.1, 0.15) is 17.3 Å². The summed E-state index contributed by atoms with van der Waals surface area (Å²) in [5.74, 6) is -0.270. The molecule has 0 saturated carbocycles. The Hall–Kier alpha value is -1.47. The van der Waals surface area contributed by atoms with Gasteiger partial charge in [0.15, 0.2) is 0 Å². The van der Waals surface area contributed by atoms with E-state index in [4.69, 9.17) is 5.26 Å². The normalized spacial score (nSPS) is 11.6. The Balaban J connectivity index is 2.80. The topological polar surface area (TPSA) is 44.1 Å². The Bertz CT molecular complexity index is 425. The summed E-state index contributed by atoms with van der Waals surface area (Å²) in [6, 6.07) is 9.24. The molecular weight excluding hydrogens is 220 g/mol. The summed E-state index contributed by atoms with van der Waals surface area (Å²) in [6.45, 7) is 2.22. The number of nitriles is 1. The van der Waals surface area contributed by atoms with Crippen LogP contribution in [0, 0.1) is 17.2 Å². The maximum Gasteiger partial charge on any atom is 0.254 e. The van der Waals surface area contributed by atoms with Crippen molar-refractivity contribution in [2.24, 2.45) is 5.92 Å². The number of hydrogen-bond acceptors (Lipinski definition) is 3. The van der Waals surface area contributed by atoms with E-state index in [1.165, 1.54) is 0 Å². The molecule has 1 aromatic rings. The van der Waals surface area contributed by atoms with Gasteiger partial charge in [0.1, 0.15) is 0 Å². The second kappa shape index (κ2) is 5.57. The van der Waals surface area contributed by atoms with Gasteiger partial charge in [-0.2, -0.15) is 5.26 Å². The molecule has 0 spiro atoms. The molecule has 0 aliphatic rings. The fourth-order valence-electron chi connectivity index (χ4n) is 1.39. The lowest BCUT2D eigenvalue weighted by Gasteiger charge is -2.19. The van der Waals surface area contributed by atoms with Crippen LogP contribution in [0.5, 0.6) is 0 Å². The van der Waals surface area contributed by atoms with Gasteiger partial charge in [-0.05, 0) is 19.1 Å². The summed E-state index contributed by atoms with van der Waals surface area (Å²) < 4.78 is 0. The van der Waals surface area contributed by atoms with Gasteiger partial charge in [-0.1, -0.05) is 12.1 Å². The zero-order valence-corrected chi connectivity index (χ0v) is 10.2. The zero-order chi connectivity index (χ0) is 12.1. The number of nitrogens with zero attached hydrogens (tertiary/aromatic N) is 2. The summed E-state index contributed by atoms with van der Waals surface area (Å²) in [5.41, 5.74) is 0.568. The molecule has 0 bridgehead atoms. The van der Waals surface area contributed by atoms with Crippen molar-refractivity contribution >= 4 is 18.5 Å². The smallest absolute Gasteiger partial charge is 0.254 e. The van der Waals surface area contributed by atoms with Gasteiger partial charge in [-0.25, -0.2) is 0 Å². The average molecular weight is 234 g/mol. The van der Waals surface area contributed by atoms with E-state index in [0.29, 0.717) is 17.0 Å². The fourth-order valence-corrected chi connectivity index (χ4v) is 1.65. The lowest BCUT2D eigenvalue weighted by atomic mass is 10.1. The first-order valence-corrected chi connectivity index (χ1v) is 5.44. The van der Waals surface area contributed by atoms with Crippen LogP contribution in [0.25, 0.3) is 0 Å². The fraction of sp³-hybridized carbons (Fsp3) is 0.333. The summed E-state index contributed by atoms with van der Waals surface area (Å²) in [4.78, 5) is 14.2. The molecular formula is C12H14N2OS. The van der Waals surface area contributed by atoms with E-state index in [2.05, 4.69) is 18.7 Å². The number of thiol groups is 1. The van der Waals surface area contributed by atoms with Gasteiger partial charge in [-0.3, -0.25) is 4.79 Å². The van der Waals surface area contributed by atoms with Crippen molar-refractivity contribution in [1.82, 2.24) is 4.90 Å². The van der Waals surface area contributed by atoms with Gasteiger partial charge in [0.25, 0.3) is 5.91 Å². The number of rotatable bonds is 3. The molecule has 1 amide bonds. The van der Waals surface area contributed by atoms with Gasteiger partial charge in [0.05, 0.1) is 17.6 Å². The minimum Gasteiger partial charge on any atom is -0.340 e. The molecule has 0 heterocycles. The molecule has 1 rings (SSSR count). The van der Waals surface area contributed by atoms with E-state index in [-0.39, 0.29) is 11.8 Å². The maximum absolute atomic E-state index is 12.0. The summed E-state index contributed by atoms with van der Waals surface area (Å²) in [6.07, 6.45) is 0. The zero-order valence-electron chi connectivity index (χ0n) is 9.34. The number of hydrogen-bond donors (Lipinski definition) is 1. The molecule has 16 heavy (non-hydrogen) atoms. The van der Waals surface area contributed by atoms with Gasteiger partial charge in [-0.15, -0.1) is 12.6 Å². The monoisotopic (exact) mass is 234 g/mol. The third kappa shape index (κ3) is 3.01. The molecule has 0 aliphatic heterocycles. The van der Waals surface area contributed by atoms with Crippen LogP contribution in [0.15, 0.2) is 29.2 Å². The van der Waals surface area contributed by atoms with Crippen LogP contribution in [-0.2, 0) is 0 Å². The van der Waals surface area contributed by atoms with Gasteiger partial charge in [0, 0.05) is 18.5 Å². The second-order valence-corrected chi connectivity index (χ2v) is 4.21. The van der Waals surface area contributed by atoms with Crippen LogP contribution in [0.2, 0.25) is 0 Å². The summed E-state index contributed by atoms with van der Waals surface area (Å²) in [5, 5.41) is 8.69. The van der Waals surface area contributed by atoms with E-state index >= 15 is 0 Å². The lowest BCUT2D eigenvalue weighted by Crippen LogP contribution is -2.30. The minimum absolute atomic E-state index is 0.104. The lowest BCUT2D eigenvalue weighted by molar-refractivity contribution is 0.0782. The standard InChI is InChI=1S/C12H14N2OS/c1-9(7-13)8-14(2)12(15)10-5-3-4-6-11(10)16/h3-6,9,16H,8H2,1-2H3. The highest BCUT2D eigenvalue weighted by Crippen LogP contribution is 2.15. The molecule has 1 unspecified atom stereocenters. The number of amides is 1. The van der Waals surface area contributed by atoms with Crippen LogP contribution >= 0.6 is 12.6 Å². The number of carbonyl (C=O) groups is 1. The molecule has 0 saturated heterocycles. The molecule has 0 aromatic heterocycles. The first-order valence-electron chi connectivity index (χ1n) is 4.99. The van der Waals surface area contributed by atoms with Crippen molar-refractivity contribution in [3.05, 3.63) is 29.8 Å². The van der Waals surface area contributed by atoms with Gasteiger partial charge < -0.3 is 4.90 Å². The van der Waals surface area contributed by atoms with Crippen LogP contribution in [0.4, 0.5) is 0 Å². The van der Waals surface area contributed by atoms with Crippen molar-refractivity contribution < 1.29 is 4.79 Å². The van der Waals surface area contributed by atoms with E-state index in [1.807, 2.05) is 6.07 Å². The first-order chi connectivity index (χ1) is 7.56. The minimum atomic E-state index is -0.166. The molecule has 0 radical (unpaired) electrons. The third-order valence-corrected chi connectivity index (χ3v) is 2.64. The highest BCUT2D eigenvalue weighted by atomic mass is 32.1. The van der Waals surface area contributed by atoms with Crippen molar-refractivity contribution in [2.75, 3.05) is 13.6 Å². The van der Waals surface area contributed by atoms with Crippen LogP contribution in [-0.4, -0.2) is 24.4 Å². The highest BCUT2D eigenvalue weighted by molar-refractivity contribution is 7.80. The predicted octanol–water partition coefficient (Wildman–Crippen LogP) is 2.21. The van der Waals surface area contributed by atoms with Crippen molar-refractivity contribution in [1.29, 1.82) is 5.26 Å². The molecule has 0 aliphatic carbocycles. The second-order valence-electron chi connectivity index (χ2n) is 3.73. The highest BCUT2D eigenvalue weighted by Gasteiger charge is 2.15. The largest absolute Gasteiger partial charge is 0.340 e. The molecule has 0 N–H and O–H groups in total. The molecule has 1 atom stereocenters. The van der Waals surface area contributed by atoms with E-state index in [1.54, 1.807) is 37.1 Å². The van der Waals surface area contributed by atoms with E-state index < -0.39 is 0 Å². The average Bonchev–Trinajstić information content (AvgIpc) is 2.28. The molecule has 3 nitrogen and oxygen atoms in total. The van der Waals surface area contributed by atoms with E-state index in [9.17, 15) is 4.79 Å². The van der Waals surface area contributed by atoms with Crippen molar-refractivity contribution in [2.45, 2.75) is 11.8 Å². The van der Waals surface area contributed by atoms with Crippen LogP contribution < -0.4 is 0 Å². The Morgan fingerprint density at radius 3 is 2.75 bits per heavy atom. The Labute approximate surface area is 101 Å². The molecule has 0 fully saturated rings. The number of carbonyl (C=O) groups excluding carboxylic acids is 1. The maximum atomic E-state index is 12.0. The van der Waals surface area contributed by atoms with Crippen molar-refractivity contribution in [3.8, 4) is 6.07 Å². The van der Waals surface area contributed by atoms with Gasteiger partial charge >= 0.3 is 0 Å². The number of benzene rings is 1. The Kier molecular flexibility index (Phi) is 4.39.